The number of nitrogens with zero attached hydrogens (tertiary/aromatic N) is 4. The van der Waals surface area contributed by atoms with E-state index in [0.717, 1.165) is 128 Å². The van der Waals surface area contributed by atoms with E-state index >= 15 is 0 Å². The van der Waals surface area contributed by atoms with E-state index in [1.807, 2.05) is 13.8 Å². The van der Waals surface area contributed by atoms with Crippen molar-refractivity contribution in [1.82, 2.24) is 18.3 Å². The summed E-state index contributed by atoms with van der Waals surface area (Å²) in [6.45, 7) is 17.0. The van der Waals surface area contributed by atoms with E-state index in [1.165, 1.54) is 9.13 Å². The maximum absolute atomic E-state index is 13.2. The van der Waals surface area contributed by atoms with Gasteiger partial charge < -0.3 is 9.80 Å². The minimum Gasteiger partial charge on any atom is -0.335 e. The lowest BCUT2D eigenvalue weighted by Crippen LogP contribution is -3.11. The van der Waals surface area contributed by atoms with Crippen molar-refractivity contribution in [3.63, 3.8) is 0 Å². The molecule has 248 valence electrons. The number of fused-ring (bicyclic) bond motifs is 4. The molecule has 0 unspecified atom stereocenters. The molecule has 10 heteroatoms. The van der Waals surface area contributed by atoms with Crippen LogP contribution in [0.25, 0.3) is 0 Å². The van der Waals surface area contributed by atoms with E-state index in [-0.39, 0.29) is 22.5 Å². The molecular formula is C34H60N6O4+2. The van der Waals surface area contributed by atoms with Crippen molar-refractivity contribution in [3.8, 4) is 0 Å². The van der Waals surface area contributed by atoms with Gasteiger partial charge in [0.2, 0.25) is 0 Å². The molecule has 44 heavy (non-hydrogen) atoms. The molecule has 3 heterocycles. The van der Waals surface area contributed by atoms with Gasteiger partial charge in [-0.3, -0.25) is 27.9 Å². The van der Waals surface area contributed by atoms with Gasteiger partial charge in [-0.2, -0.15) is 0 Å². The zero-order valence-electron chi connectivity index (χ0n) is 28.1. The topological polar surface area (TPSA) is 96.9 Å². The minimum absolute atomic E-state index is 0.157. The van der Waals surface area contributed by atoms with Gasteiger partial charge in [0.25, 0.3) is 11.1 Å². The van der Waals surface area contributed by atoms with Crippen LogP contribution < -0.4 is 32.3 Å². The van der Waals surface area contributed by atoms with Gasteiger partial charge in [-0.15, -0.1) is 0 Å². The van der Waals surface area contributed by atoms with Crippen LogP contribution >= 0.6 is 0 Å². The monoisotopic (exact) mass is 616 g/mol. The lowest BCUT2D eigenvalue weighted by Gasteiger charge is -2.19. The quantitative estimate of drug-likeness (QED) is 0.530. The van der Waals surface area contributed by atoms with Crippen LogP contribution in [-0.2, 0) is 26.2 Å². The molecule has 1 aliphatic rings. The molecular weight excluding hydrogens is 556 g/mol. The van der Waals surface area contributed by atoms with Crippen molar-refractivity contribution < 1.29 is 9.80 Å². The molecule has 0 amide bonds. The number of quaternary nitrogens is 2. The highest BCUT2D eigenvalue weighted by Gasteiger charge is 2.13. The number of rotatable bonds is 2. The van der Waals surface area contributed by atoms with E-state index in [1.54, 1.807) is 31.1 Å². The highest BCUT2D eigenvalue weighted by atomic mass is 16.2. The fraction of sp³-hybridized carbons (Fsp3) is 0.765. The highest BCUT2D eigenvalue weighted by Crippen LogP contribution is 2.03. The summed E-state index contributed by atoms with van der Waals surface area (Å²) in [5.41, 5.74) is 0.841. The Morgan fingerprint density at radius 2 is 0.773 bits per heavy atom. The predicted molar refractivity (Wildman–Crippen MR) is 177 cm³/mol. The third kappa shape index (κ3) is 10.7. The van der Waals surface area contributed by atoms with Crippen molar-refractivity contribution in [3.05, 3.63) is 65.2 Å². The molecule has 0 aromatic carbocycles. The number of hydrogen-bond donors (Lipinski definition) is 2. The third-order valence-electron chi connectivity index (χ3n) is 9.62. The maximum atomic E-state index is 13.2. The van der Waals surface area contributed by atoms with Crippen LogP contribution in [0, 0.1) is 13.8 Å². The van der Waals surface area contributed by atoms with Gasteiger partial charge in [0, 0.05) is 49.7 Å². The molecule has 0 fully saturated rings. The zero-order chi connectivity index (χ0) is 31.9. The van der Waals surface area contributed by atoms with Crippen molar-refractivity contribution in [2.75, 3.05) is 39.3 Å². The van der Waals surface area contributed by atoms with Crippen molar-refractivity contribution >= 4 is 0 Å². The van der Waals surface area contributed by atoms with Gasteiger partial charge in [0.1, 0.15) is 0 Å². The first-order valence-electron chi connectivity index (χ1n) is 17.6. The molecule has 4 bridgehead atoms. The molecule has 2 aromatic heterocycles. The first-order chi connectivity index (χ1) is 21.3. The molecule has 2 aromatic rings. The van der Waals surface area contributed by atoms with Crippen molar-refractivity contribution in [1.29, 1.82) is 0 Å². The smallest absolute Gasteiger partial charge is 0.331 e. The second kappa shape index (κ2) is 18.9. The number of aryl methyl sites for hydroxylation is 2. The van der Waals surface area contributed by atoms with Crippen molar-refractivity contribution in [2.24, 2.45) is 0 Å². The van der Waals surface area contributed by atoms with Gasteiger partial charge in [-0.1, -0.05) is 0 Å². The molecule has 0 atom stereocenters. The lowest BCUT2D eigenvalue weighted by atomic mass is 10.2. The van der Waals surface area contributed by atoms with Crippen LogP contribution in [0.1, 0.15) is 102 Å². The molecule has 0 aliphatic carbocycles. The average Bonchev–Trinajstić information content (AvgIpc) is 2.99. The van der Waals surface area contributed by atoms with E-state index in [2.05, 4.69) is 13.8 Å². The summed E-state index contributed by atoms with van der Waals surface area (Å²) in [5, 5.41) is 0. The highest BCUT2D eigenvalue weighted by molar-refractivity contribution is 5.01. The number of hydrogen-bond acceptors (Lipinski definition) is 4. The Balaban J connectivity index is 1.65. The fourth-order valence-corrected chi connectivity index (χ4v) is 6.65. The van der Waals surface area contributed by atoms with E-state index in [4.69, 9.17) is 0 Å². The van der Waals surface area contributed by atoms with Crippen LogP contribution in [-0.4, -0.2) is 57.5 Å². The second-order valence-electron chi connectivity index (χ2n) is 12.9. The first-order valence-corrected chi connectivity index (χ1v) is 17.6. The Morgan fingerprint density at radius 3 is 1.07 bits per heavy atom. The molecule has 0 saturated carbocycles. The molecule has 0 radical (unpaired) electrons. The van der Waals surface area contributed by atoms with Gasteiger partial charge in [-0.05, 0) is 105 Å². The van der Waals surface area contributed by atoms with Crippen LogP contribution in [0.4, 0.5) is 0 Å². The average molecular weight is 617 g/mol. The fourth-order valence-electron chi connectivity index (χ4n) is 6.65. The summed E-state index contributed by atoms with van der Waals surface area (Å²) in [7, 11) is 0. The molecule has 2 N–H and O–H groups in total. The molecule has 1 aliphatic heterocycles. The van der Waals surface area contributed by atoms with E-state index in [0.29, 0.717) is 26.2 Å². The summed E-state index contributed by atoms with van der Waals surface area (Å²) < 4.78 is 6.46. The summed E-state index contributed by atoms with van der Waals surface area (Å²) in [6, 6.07) is 3.24. The van der Waals surface area contributed by atoms with E-state index in [9.17, 15) is 19.2 Å². The molecule has 10 nitrogen and oxygen atoms in total. The zero-order valence-corrected chi connectivity index (χ0v) is 28.1. The number of aromatic nitrogens is 4. The van der Waals surface area contributed by atoms with Crippen LogP contribution in [0.3, 0.4) is 0 Å². The Labute approximate surface area is 263 Å². The van der Waals surface area contributed by atoms with Gasteiger partial charge >= 0.3 is 11.4 Å². The minimum atomic E-state index is -0.182. The Hall–Kier alpha value is -2.72. The van der Waals surface area contributed by atoms with Crippen molar-refractivity contribution in [2.45, 2.75) is 131 Å². The normalized spacial score (nSPS) is 21.3. The summed E-state index contributed by atoms with van der Waals surface area (Å²) in [6.07, 6.45) is 12.0. The van der Waals surface area contributed by atoms with E-state index < -0.39 is 0 Å². The Morgan fingerprint density at radius 1 is 0.477 bits per heavy atom. The van der Waals surface area contributed by atoms with Gasteiger partial charge in [0.15, 0.2) is 0 Å². The third-order valence-corrected chi connectivity index (χ3v) is 9.62. The predicted octanol–water partition coefficient (Wildman–Crippen LogP) is 1.15. The first kappa shape index (κ1) is 35.8. The Kier molecular flexibility index (Phi) is 15.4. The standard InChI is InChI=1S/C34H58N6O4/c1-5-35-19-11-7-15-23-37-29(3)27-31(41)39(33(37)43)25-17-9-13-21-36(6-2)22-14-10-18-26-40-32(42)28-30(4)38(34(40)44)24-16-8-12-20-35/h27-28H,5-26H2,1-4H3/p+2. The molecule has 3 rings (SSSR count). The summed E-state index contributed by atoms with van der Waals surface area (Å²) >= 11 is 0. The van der Waals surface area contributed by atoms with Crippen LogP contribution in [0.15, 0.2) is 31.3 Å². The number of nitrogens with one attached hydrogen (secondary N) is 2. The Bertz CT molecular complexity index is 1290. The summed E-state index contributed by atoms with van der Waals surface area (Å²) in [4.78, 5) is 54.8. The largest absolute Gasteiger partial charge is 0.335 e. The molecule has 0 saturated heterocycles. The second-order valence-corrected chi connectivity index (χ2v) is 12.9. The lowest BCUT2D eigenvalue weighted by molar-refractivity contribution is -0.898. The van der Waals surface area contributed by atoms with Gasteiger partial charge in [-0.25, -0.2) is 9.59 Å². The summed E-state index contributed by atoms with van der Waals surface area (Å²) in [5.74, 6) is 0. The SMILES string of the molecule is CC[NH+]1CCCCCn2c(C)cc(=O)n(c2=O)CCCCC[NH+](CC)CCCCCn2c(=O)cc(C)n(c2=O)CCCCC1. The van der Waals surface area contributed by atoms with Gasteiger partial charge in [0.05, 0.1) is 39.3 Å². The molecule has 0 spiro atoms. The maximum Gasteiger partial charge on any atom is 0.331 e. The van der Waals surface area contributed by atoms with Crippen LogP contribution in [0.5, 0.6) is 0 Å². The van der Waals surface area contributed by atoms with Crippen LogP contribution in [0.2, 0.25) is 0 Å².